The number of aromatic nitrogens is 1. The molecule has 1 aromatic heterocycles. The summed E-state index contributed by atoms with van der Waals surface area (Å²) in [6.07, 6.45) is 0.225. The number of pyridine rings is 1. The number of rotatable bonds is 2. The summed E-state index contributed by atoms with van der Waals surface area (Å²) >= 11 is 5.47. The maximum Gasteiger partial charge on any atom is 0.217 e. The normalized spacial score (nSPS) is 11.8. The summed E-state index contributed by atoms with van der Waals surface area (Å²) in [5, 5.41) is 9.56. The van der Waals surface area contributed by atoms with Crippen molar-refractivity contribution >= 4 is 11.6 Å². The molecule has 0 radical (unpaired) electrons. The standard InChI is InChI=1S/C9H11ClFNO/c1-9(2,13)5-6-3-4-7(10)12-8(6)11/h3-4,13H,5H2,1-2H3. The van der Waals surface area contributed by atoms with Crippen molar-refractivity contribution in [3.05, 3.63) is 28.8 Å². The van der Waals surface area contributed by atoms with Gasteiger partial charge >= 0.3 is 0 Å². The van der Waals surface area contributed by atoms with Gasteiger partial charge in [0.25, 0.3) is 0 Å². The van der Waals surface area contributed by atoms with Gasteiger partial charge in [-0.2, -0.15) is 4.39 Å². The second kappa shape index (κ2) is 3.60. The lowest BCUT2D eigenvalue weighted by Gasteiger charge is -2.16. The molecule has 1 heterocycles. The van der Waals surface area contributed by atoms with E-state index in [0.717, 1.165) is 0 Å². The third-order valence-corrected chi connectivity index (χ3v) is 1.73. The Kier molecular flexibility index (Phi) is 2.88. The molecule has 0 unspecified atom stereocenters. The third kappa shape index (κ3) is 3.28. The average molecular weight is 204 g/mol. The lowest BCUT2D eigenvalue weighted by molar-refractivity contribution is 0.0798. The van der Waals surface area contributed by atoms with E-state index in [4.69, 9.17) is 11.6 Å². The van der Waals surface area contributed by atoms with Crippen molar-refractivity contribution in [1.82, 2.24) is 4.98 Å². The Morgan fingerprint density at radius 1 is 1.54 bits per heavy atom. The molecule has 0 aliphatic heterocycles. The number of aliphatic hydroxyl groups is 1. The van der Waals surface area contributed by atoms with Gasteiger partial charge in [-0.1, -0.05) is 17.7 Å². The first-order chi connectivity index (χ1) is 5.88. The lowest BCUT2D eigenvalue weighted by Crippen LogP contribution is -2.22. The minimum Gasteiger partial charge on any atom is -0.390 e. The predicted octanol–water partition coefficient (Wildman–Crippen LogP) is 2.19. The van der Waals surface area contributed by atoms with Crippen LogP contribution >= 0.6 is 11.6 Å². The molecular weight excluding hydrogens is 193 g/mol. The van der Waals surface area contributed by atoms with Gasteiger partial charge in [-0.05, 0) is 19.9 Å². The van der Waals surface area contributed by atoms with Crippen LogP contribution in [0.1, 0.15) is 19.4 Å². The first-order valence-corrected chi connectivity index (χ1v) is 4.29. The topological polar surface area (TPSA) is 33.1 Å². The molecule has 13 heavy (non-hydrogen) atoms. The van der Waals surface area contributed by atoms with Crippen LogP contribution in [0.3, 0.4) is 0 Å². The van der Waals surface area contributed by atoms with Crippen LogP contribution in [0, 0.1) is 5.95 Å². The molecule has 0 fully saturated rings. The molecule has 0 saturated heterocycles. The monoisotopic (exact) mass is 203 g/mol. The molecule has 0 aromatic carbocycles. The molecule has 0 spiro atoms. The highest BCUT2D eigenvalue weighted by atomic mass is 35.5. The van der Waals surface area contributed by atoms with Gasteiger partial charge in [0.05, 0.1) is 5.60 Å². The Labute approximate surface area is 81.4 Å². The van der Waals surface area contributed by atoms with Crippen molar-refractivity contribution in [2.75, 3.05) is 0 Å². The Morgan fingerprint density at radius 3 is 2.62 bits per heavy atom. The summed E-state index contributed by atoms with van der Waals surface area (Å²) in [7, 11) is 0. The van der Waals surface area contributed by atoms with Gasteiger partial charge in [0.1, 0.15) is 5.15 Å². The molecule has 0 aliphatic carbocycles. The van der Waals surface area contributed by atoms with E-state index < -0.39 is 11.5 Å². The summed E-state index contributed by atoms with van der Waals surface area (Å²) < 4.78 is 13.1. The molecule has 0 aliphatic rings. The van der Waals surface area contributed by atoms with E-state index >= 15 is 0 Å². The van der Waals surface area contributed by atoms with E-state index in [-0.39, 0.29) is 11.6 Å². The predicted molar refractivity (Wildman–Crippen MR) is 49.2 cm³/mol. The zero-order valence-corrected chi connectivity index (χ0v) is 8.27. The van der Waals surface area contributed by atoms with E-state index in [1.54, 1.807) is 13.8 Å². The maximum absolute atomic E-state index is 13.1. The molecule has 72 valence electrons. The van der Waals surface area contributed by atoms with Crippen molar-refractivity contribution in [1.29, 1.82) is 0 Å². The molecule has 1 aromatic rings. The Bertz CT molecular complexity index is 309. The van der Waals surface area contributed by atoms with Crippen LogP contribution in [0.5, 0.6) is 0 Å². The Morgan fingerprint density at radius 2 is 2.15 bits per heavy atom. The van der Waals surface area contributed by atoms with Crippen molar-refractivity contribution in [2.24, 2.45) is 0 Å². The van der Waals surface area contributed by atoms with Crippen LogP contribution in [0.2, 0.25) is 5.15 Å². The van der Waals surface area contributed by atoms with E-state index in [1.165, 1.54) is 12.1 Å². The fraction of sp³-hybridized carbons (Fsp3) is 0.444. The molecule has 0 saturated carbocycles. The molecule has 2 nitrogen and oxygen atoms in total. The van der Waals surface area contributed by atoms with Gasteiger partial charge in [-0.15, -0.1) is 0 Å². The molecule has 0 bridgehead atoms. The number of hydrogen-bond acceptors (Lipinski definition) is 2. The first kappa shape index (κ1) is 10.4. The van der Waals surface area contributed by atoms with E-state index in [2.05, 4.69) is 4.98 Å². The van der Waals surface area contributed by atoms with E-state index in [9.17, 15) is 9.50 Å². The molecule has 0 amide bonds. The lowest BCUT2D eigenvalue weighted by atomic mass is 10.00. The van der Waals surface area contributed by atoms with Gasteiger partial charge in [-0.3, -0.25) is 0 Å². The number of nitrogens with zero attached hydrogens (tertiary/aromatic N) is 1. The second-order valence-electron chi connectivity index (χ2n) is 3.57. The zero-order chi connectivity index (χ0) is 10.1. The Hall–Kier alpha value is -0.670. The van der Waals surface area contributed by atoms with Gasteiger partial charge in [0.2, 0.25) is 5.95 Å². The van der Waals surface area contributed by atoms with Gasteiger partial charge in [0.15, 0.2) is 0 Å². The van der Waals surface area contributed by atoms with Crippen LogP contribution in [0.25, 0.3) is 0 Å². The van der Waals surface area contributed by atoms with Gasteiger partial charge in [0, 0.05) is 12.0 Å². The van der Waals surface area contributed by atoms with Gasteiger partial charge < -0.3 is 5.11 Å². The number of halogens is 2. The quantitative estimate of drug-likeness (QED) is 0.748. The van der Waals surface area contributed by atoms with Crippen LogP contribution in [-0.2, 0) is 6.42 Å². The molecule has 1 N–H and O–H groups in total. The highest BCUT2D eigenvalue weighted by Crippen LogP contribution is 2.16. The Balaban J connectivity index is 2.90. The summed E-state index contributed by atoms with van der Waals surface area (Å²) in [5.74, 6) is -0.616. The average Bonchev–Trinajstić information content (AvgIpc) is 1.93. The van der Waals surface area contributed by atoms with Crippen molar-refractivity contribution in [2.45, 2.75) is 25.9 Å². The maximum atomic E-state index is 13.1. The van der Waals surface area contributed by atoms with Crippen LogP contribution in [-0.4, -0.2) is 15.7 Å². The van der Waals surface area contributed by atoms with Crippen molar-refractivity contribution in [3.63, 3.8) is 0 Å². The molecule has 1 rings (SSSR count). The second-order valence-corrected chi connectivity index (χ2v) is 3.96. The molecule has 4 heteroatoms. The summed E-state index contributed by atoms with van der Waals surface area (Å²) in [4.78, 5) is 3.45. The van der Waals surface area contributed by atoms with E-state index in [0.29, 0.717) is 5.56 Å². The number of hydrogen-bond donors (Lipinski definition) is 1. The van der Waals surface area contributed by atoms with Crippen LogP contribution < -0.4 is 0 Å². The minimum absolute atomic E-state index is 0.122. The first-order valence-electron chi connectivity index (χ1n) is 3.92. The fourth-order valence-corrected chi connectivity index (χ4v) is 1.18. The third-order valence-electron chi connectivity index (χ3n) is 1.52. The van der Waals surface area contributed by atoms with Crippen molar-refractivity contribution < 1.29 is 9.50 Å². The van der Waals surface area contributed by atoms with E-state index in [1.807, 2.05) is 0 Å². The van der Waals surface area contributed by atoms with Crippen molar-refractivity contribution in [3.8, 4) is 0 Å². The summed E-state index contributed by atoms with van der Waals surface area (Å²) in [6, 6.07) is 3.04. The zero-order valence-electron chi connectivity index (χ0n) is 7.51. The smallest absolute Gasteiger partial charge is 0.217 e. The summed E-state index contributed by atoms with van der Waals surface area (Å²) in [5.41, 5.74) is -0.562. The van der Waals surface area contributed by atoms with Crippen LogP contribution in [0.4, 0.5) is 4.39 Å². The van der Waals surface area contributed by atoms with Gasteiger partial charge in [-0.25, -0.2) is 4.98 Å². The molecular formula is C9H11ClFNO. The SMILES string of the molecule is CC(C)(O)Cc1ccc(Cl)nc1F. The highest BCUT2D eigenvalue weighted by Gasteiger charge is 2.16. The van der Waals surface area contributed by atoms with Crippen LogP contribution in [0.15, 0.2) is 12.1 Å². The highest BCUT2D eigenvalue weighted by molar-refractivity contribution is 6.29. The summed E-state index contributed by atoms with van der Waals surface area (Å²) in [6.45, 7) is 3.22. The fourth-order valence-electron chi connectivity index (χ4n) is 1.04. The minimum atomic E-state index is -0.934. The molecule has 0 atom stereocenters. The largest absolute Gasteiger partial charge is 0.390 e.